The number of halogens is 2. The molecule has 1 aromatic rings. The number of aromatic carboxylic acids is 1. The Bertz CT molecular complexity index is 505. The Kier molecular flexibility index (Phi) is 3.17. The van der Waals surface area contributed by atoms with Gasteiger partial charge in [-0.15, -0.1) is 0 Å². The molecule has 15 heavy (non-hydrogen) atoms. The lowest BCUT2D eigenvalue weighted by Crippen LogP contribution is -2.09. The summed E-state index contributed by atoms with van der Waals surface area (Å²) in [5.41, 5.74) is -0.522. The number of hydrogen-bond acceptors (Lipinski definition) is 5. The van der Waals surface area contributed by atoms with Crippen molar-refractivity contribution in [1.29, 1.82) is 0 Å². The average Bonchev–Trinajstić information content (AvgIpc) is 1.99. The Hall–Kier alpha value is -0.920. The highest BCUT2D eigenvalue weighted by atomic mass is 35.5. The van der Waals surface area contributed by atoms with Gasteiger partial charge in [0.1, 0.15) is 15.9 Å². The molecule has 0 atom stereocenters. The van der Waals surface area contributed by atoms with Crippen molar-refractivity contribution in [2.45, 2.75) is 5.16 Å². The van der Waals surface area contributed by atoms with Crippen LogP contribution in [0.15, 0.2) is 5.16 Å². The van der Waals surface area contributed by atoms with E-state index in [4.69, 9.17) is 28.3 Å². The van der Waals surface area contributed by atoms with Crippen molar-refractivity contribution in [3.8, 4) is 0 Å². The monoisotopic (exact) mass is 270 g/mol. The van der Waals surface area contributed by atoms with Crippen molar-refractivity contribution < 1.29 is 18.3 Å². The van der Waals surface area contributed by atoms with Gasteiger partial charge in [0.15, 0.2) is 0 Å². The van der Waals surface area contributed by atoms with Gasteiger partial charge in [-0.25, -0.2) is 23.2 Å². The standard InChI is InChI=1S/C6H4Cl2N2O4S/c1-15(13,14)6-9-3(7)2(5(11)12)4(8)10-6/h1H3,(H,11,12). The van der Waals surface area contributed by atoms with Crippen LogP contribution in [0.5, 0.6) is 0 Å². The van der Waals surface area contributed by atoms with Crippen molar-refractivity contribution in [2.24, 2.45) is 0 Å². The van der Waals surface area contributed by atoms with E-state index in [-0.39, 0.29) is 0 Å². The summed E-state index contributed by atoms with van der Waals surface area (Å²) >= 11 is 10.9. The number of carbonyl (C=O) groups is 1. The van der Waals surface area contributed by atoms with Gasteiger partial charge in [-0.05, 0) is 0 Å². The highest BCUT2D eigenvalue weighted by Gasteiger charge is 2.21. The zero-order valence-corrected chi connectivity index (χ0v) is 9.56. The molecule has 0 saturated heterocycles. The summed E-state index contributed by atoms with van der Waals surface area (Å²) in [5.74, 6) is -1.43. The summed E-state index contributed by atoms with van der Waals surface area (Å²) < 4.78 is 22.1. The smallest absolute Gasteiger partial charge is 0.342 e. The number of nitrogens with zero attached hydrogens (tertiary/aromatic N) is 2. The molecule has 0 radical (unpaired) electrons. The van der Waals surface area contributed by atoms with Crippen molar-refractivity contribution in [2.75, 3.05) is 6.26 Å². The van der Waals surface area contributed by atoms with E-state index in [2.05, 4.69) is 9.97 Å². The fourth-order valence-electron chi connectivity index (χ4n) is 0.732. The van der Waals surface area contributed by atoms with Crippen molar-refractivity contribution in [1.82, 2.24) is 9.97 Å². The van der Waals surface area contributed by atoms with Crippen LogP contribution in [-0.2, 0) is 9.84 Å². The Morgan fingerprint density at radius 1 is 1.27 bits per heavy atom. The molecular weight excluding hydrogens is 267 g/mol. The van der Waals surface area contributed by atoms with E-state index in [1.165, 1.54) is 0 Å². The molecule has 1 rings (SSSR count). The van der Waals surface area contributed by atoms with E-state index in [9.17, 15) is 13.2 Å². The maximum atomic E-state index is 11.0. The molecule has 0 spiro atoms. The molecule has 1 aromatic heterocycles. The summed E-state index contributed by atoms with van der Waals surface area (Å²) in [7, 11) is -3.67. The number of aromatic nitrogens is 2. The molecule has 0 saturated carbocycles. The second kappa shape index (κ2) is 3.92. The van der Waals surface area contributed by atoms with Gasteiger partial charge in [0.05, 0.1) is 0 Å². The van der Waals surface area contributed by atoms with Gasteiger partial charge in [-0.1, -0.05) is 23.2 Å². The van der Waals surface area contributed by atoms with Crippen molar-refractivity contribution >= 4 is 39.0 Å². The Labute approximate surface area is 94.8 Å². The average molecular weight is 271 g/mol. The van der Waals surface area contributed by atoms with Crippen LogP contribution in [0.4, 0.5) is 0 Å². The third kappa shape index (κ3) is 2.55. The van der Waals surface area contributed by atoms with Crippen LogP contribution >= 0.6 is 23.2 Å². The lowest BCUT2D eigenvalue weighted by Gasteiger charge is -2.02. The third-order valence-corrected chi connectivity index (χ3v) is 2.74. The molecule has 0 fully saturated rings. The van der Waals surface area contributed by atoms with Gasteiger partial charge in [0.2, 0.25) is 15.0 Å². The first-order valence-corrected chi connectivity index (χ1v) is 6.04. The number of sulfone groups is 1. The van der Waals surface area contributed by atoms with E-state index < -0.39 is 36.8 Å². The molecular formula is C6H4Cl2N2O4S. The van der Waals surface area contributed by atoms with Crippen LogP contribution in [0.25, 0.3) is 0 Å². The molecule has 0 aliphatic carbocycles. The maximum absolute atomic E-state index is 11.0. The van der Waals surface area contributed by atoms with E-state index in [1.54, 1.807) is 0 Å². The largest absolute Gasteiger partial charge is 0.477 e. The molecule has 1 heterocycles. The molecule has 6 nitrogen and oxygen atoms in total. The quantitative estimate of drug-likeness (QED) is 0.633. The second-order valence-electron chi connectivity index (χ2n) is 2.54. The van der Waals surface area contributed by atoms with Crippen molar-refractivity contribution in [3.05, 3.63) is 15.9 Å². The predicted octanol–water partition coefficient (Wildman–Crippen LogP) is 0.885. The zero-order chi connectivity index (χ0) is 11.8. The molecule has 0 aliphatic heterocycles. The van der Waals surface area contributed by atoms with Crippen LogP contribution < -0.4 is 0 Å². The highest BCUT2D eigenvalue weighted by Crippen LogP contribution is 2.22. The fourth-order valence-corrected chi connectivity index (χ4v) is 1.90. The number of rotatable bonds is 2. The first-order valence-electron chi connectivity index (χ1n) is 3.40. The molecule has 9 heteroatoms. The van der Waals surface area contributed by atoms with Crippen LogP contribution in [0.2, 0.25) is 10.3 Å². The minimum Gasteiger partial charge on any atom is -0.477 e. The van der Waals surface area contributed by atoms with Gasteiger partial charge in [-0.2, -0.15) is 0 Å². The number of hydrogen-bond donors (Lipinski definition) is 1. The number of carboxylic acid groups (broad SMARTS) is 1. The topological polar surface area (TPSA) is 97.2 Å². The molecule has 0 aliphatic rings. The molecule has 1 N–H and O–H groups in total. The molecule has 82 valence electrons. The van der Waals surface area contributed by atoms with Gasteiger partial charge in [0, 0.05) is 6.26 Å². The summed E-state index contributed by atoms with van der Waals surface area (Å²) in [6, 6.07) is 0. The molecule has 0 amide bonds. The fraction of sp³-hybridized carbons (Fsp3) is 0.167. The SMILES string of the molecule is CS(=O)(=O)c1nc(Cl)c(C(=O)O)c(Cl)n1. The normalized spacial score (nSPS) is 11.4. The molecule has 0 bridgehead atoms. The Morgan fingerprint density at radius 2 is 1.67 bits per heavy atom. The zero-order valence-electron chi connectivity index (χ0n) is 7.23. The Morgan fingerprint density at radius 3 is 1.93 bits per heavy atom. The van der Waals surface area contributed by atoms with Crippen LogP contribution in [0, 0.1) is 0 Å². The van der Waals surface area contributed by atoms with E-state index in [0.29, 0.717) is 0 Å². The summed E-state index contributed by atoms with van der Waals surface area (Å²) in [6.45, 7) is 0. The first kappa shape index (κ1) is 12.2. The minimum atomic E-state index is -3.67. The van der Waals surface area contributed by atoms with Gasteiger partial charge in [0.25, 0.3) is 0 Å². The van der Waals surface area contributed by atoms with Gasteiger partial charge in [-0.3, -0.25) is 0 Å². The van der Waals surface area contributed by atoms with E-state index in [0.717, 1.165) is 6.26 Å². The van der Waals surface area contributed by atoms with E-state index >= 15 is 0 Å². The molecule has 0 unspecified atom stereocenters. The minimum absolute atomic E-state index is 0.511. The predicted molar refractivity (Wildman–Crippen MR) is 52.1 cm³/mol. The summed E-state index contributed by atoms with van der Waals surface area (Å²) in [6.07, 6.45) is 0.857. The lowest BCUT2D eigenvalue weighted by atomic mass is 10.3. The number of carboxylic acids is 1. The Balaban J connectivity index is 3.52. The van der Waals surface area contributed by atoms with Crippen LogP contribution in [0.1, 0.15) is 10.4 Å². The lowest BCUT2D eigenvalue weighted by molar-refractivity contribution is 0.0696. The maximum Gasteiger partial charge on any atom is 0.342 e. The van der Waals surface area contributed by atoms with Gasteiger partial charge < -0.3 is 5.11 Å². The highest BCUT2D eigenvalue weighted by molar-refractivity contribution is 7.90. The summed E-state index contributed by atoms with van der Waals surface area (Å²) in [5, 5.41) is 7.01. The summed E-state index contributed by atoms with van der Waals surface area (Å²) in [4.78, 5) is 17.3. The van der Waals surface area contributed by atoms with Gasteiger partial charge >= 0.3 is 5.97 Å². The van der Waals surface area contributed by atoms with Crippen molar-refractivity contribution in [3.63, 3.8) is 0 Å². The second-order valence-corrected chi connectivity index (χ2v) is 5.17. The van der Waals surface area contributed by atoms with E-state index in [1.807, 2.05) is 0 Å². The van der Waals surface area contributed by atoms with Crippen LogP contribution in [-0.4, -0.2) is 35.7 Å². The first-order chi connectivity index (χ1) is 6.73. The van der Waals surface area contributed by atoms with Crippen LogP contribution in [0.3, 0.4) is 0 Å². The third-order valence-electron chi connectivity index (χ3n) is 1.35. The molecule has 0 aromatic carbocycles.